The third kappa shape index (κ3) is 24.4. The molecule has 0 aliphatic rings. The van der Waals surface area contributed by atoms with Crippen LogP contribution in [0.5, 0.6) is 0 Å². The van der Waals surface area contributed by atoms with Gasteiger partial charge in [0.2, 0.25) is 0 Å². The summed E-state index contributed by atoms with van der Waals surface area (Å²) in [5.41, 5.74) is 0.673. The Balaban J connectivity index is 0.0000144. The van der Waals surface area contributed by atoms with Gasteiger partial charge < -0.3 is 4.55 Å². The molecule has 0 spiro atoms. The first kappa shape index (κ1) is 39.1. The van der Waals surface area contributed by atoms with Crippen LogP contribution in [-0.4, -0.2) is 13.0 Å². The van der Waals surface area contributed by atoms with Crippen molar-refractivity contribution in [3.8, 4) is 0 Å². The van der Waals surface area contributed by atoms with Crippen LogP contribution in [-0.2, 0) is 16.5 Å². The first-order valence-electron chi connectivity index (χ1n) is 16.6. The van der Waals surface area contributed by atoms with Crippen LogP contribution in [0.2, 0.25) is 0 Å². The summed E-state index contributed by atoms with van der Waals surface area (Å²) in [7, 11) is -4.36. The van der Waals surface area contributed by atoms with Gasteiger partial charge in [0.05, 0.1) is 4.90 Å². The monoisotopic (exact) mass is 572 g/mol. The summed E-state index contributed by atoms with van der Waals surface area (Å²) in [5, 5.41) is 0. The zero-order valence-corrected chi connectivity index (χ0v) is 28.9. The second kappa shape index (κ2) is 28.3. The molecular formula is C34H61NaO3S. The summed E-state index contributed by atoms with van der Waals surface area (Å²) in [5.74, 6) is 0. The quantitative estimate of drug-likeness (QED) is 0.0576. The Labute approximate surface area is 266 Å². The molecule has 0 saturated heterocycles. The predicted octanol–water partition coefficient (Wildman–Crippen LogP) is 8.30. The van der Waals surface area contributed by atoms with E-state index >= 15 is 0 Å². The maximum atomic E-state index is 11.3. The molecule has 0 aromatic heterocycles. The van der Waals surface area contributed by atoms with E-state index in [2.05, 4.69) is 6.92 Å². The Hall–Kier alpha value is 0.130. The average molecular weight is 573 g/mol. The van der Waals surface area contributed by atoms with Gasteiger partial charge in [0, 0.05) is 0 Å². The minimum atomic E-state index is -4.36. The molecule has 0 saturated carbocycles. The fourth-order valence-electron chi connectivity index (χ4n) is 5.59. The third-order valence-electron chi connectivity index (χ3n) is 8.04. The molecule has 0 radical (unpaired) electrons. The number of hydrogen-bond acceptors (Lipinski definition) is 3. The molecule has 3 nitrogen and oxygen atoms in total. The molecule has 0 atom stereocenters. The van der Waals surface area contributed by atoms with E-state index in [1.165, 1.54) is 160 Å². The van der Waals surface area contributed by atoms with Gasteiger partial charge in [-0.2, -0.15) is 0 Å². The van der Waals surface area contributed by atoms with Crippen molar-refractivity contribution < 1.29 is 42.5 Å². The summed E-state index contributed by atoms with van der Waals surface area (Å²) >= 11 is 0. The molecule has 0 bridgehead atoms. The molecule has 0 fully saturated rings. The van der Waals surface area contributed by atoms with E-state index in [4.69, 9.17) is 0 Å². The topological polar surface area (TPSA) is 57.2 Å². The van der Waals surface area contributed by atoms with E-state index in [-0.39, 0.29) is 34.5 Å². The normalized spacial score (nSPS) is 11.5. The zero-order chi connectivity index (χ0) is 27.6. The summed E-state index contributed by atoms with van der Waals surface area (Å²) in [4.78, 5) is -0.0420. The van der Waals surface area contributed by atoms with Gasteiger partial charge in [-0.25, -0.2) is 8.42 Å². The molecule has 1 aromatic rings. The fraction of sp³-hybridized carbons (Fsp3) is 0.824. The van der Waals surface area contributed by atoms with Gasteiger partial charge >= 0.3 is 29.6 Å². The van der Waals surface area contributed by atoms with Crippen molar-refractivity contribution in [2.75, 3.05) is 0 Å². The van der Waals surface area contributed by atoms with Gasteiger partial charge in [-0.3, -0.25) is 0 Å². The molecule has 0 heterocycles. The van der Waals surface area contributed by atoms with E-state index in [9.17, 15) is 13.0 Å². The Morgan fingerprint density at radius 3 is 1.08 bits per heavy atom. The maximum Gasteiger partial charge on any atom is 1.00 e. The third-order valence-corrected chi connectivity index (χ3v) is 8.98. The Morgan fingerprint density at radius 1 is 0.487 bits per heavy atom. The molecule has 0 N–H and O–H groups in total. The Morgan fingerprint density at radius 2 is 0.769 bits per heavy atom. The van der Waals surface area contributed by atoms with Gasteiger partial charge in [0.15, 0.2) is 0 Å². The van der Waals surface area contributed by atoms with Crippen LogP contribution in [0, 0.1) is 0 Å². The summed E-state index contributed by atoms with van der Waals surface area (Å²) in [6.45, 7) is 2.29. The molecule has 0 aliphatic heterocycles. The number of benzene rings is 1. The van der Waals surface area contributed by atoms with Crippen molar-refractivity contribution >= 4 is 10.1 Å². The first-order valence-corrected chi connectivity index (χ1v) is 18.0. The van der Waals surface area contributed by atoms with Gasteiger partial charge in [0.1, 0.15) is 10.1 Å². The van der Waals surface area contributed by atoms with E-state index in [1.54, 1.807) is 12.1 Å². The van der Waals surface area contributed by atoms with Crippen molar-refractivity contribution in [2.24, 2.45) is 0 Å². The smallest absolute Gasteiger partial charge is 0.744 e. The largest absolute Gasteiger partial charge is 1.00 e. The van der Waals surface area contributed by atoms with Gasteiger partial charge in [-0.15, -0.1) is 0 Å². The summed E-state index contributed by atoms with van der Waals surface area (Å²) < 4.78 is 34.0. The van der Waals surface area contributed by atoms with Crippen LogP contribution >= 0.6 is 0 Å². The molecule has 222 valence electrons. The van der Waals surface area contributed by atoms with Crippen molar-refractivity contribution in [3.05, 3.63) is 29.8 Å². The number of aryl methyl sites for hydroxylation is 1. The maximum absolute atomic E-state index is 11.3. The fourth-order valence-corrected chi connectivity index (χ4v) is 6.32. The van der Waals surface area contributed by atoms with E-state index < -0.39 is 10.1 Å². The molecular weight excluding hydrogens is 511 g/mol. The van der Waals surface area contributed by atoms with Crippen LogP contribution in [0.1, 0.15) is 179 Å². The van der Waals surface area contributed by atoms with E-state index in [0.29, 0.717) is 12.0 Å². The van der Waals surface area contributed by atoms with Crippen LogP contribution in [0.3, 0.4) is 0 Å². The average Bonchev–Trinajstić information content (AvgIpc) is 2.90. The SMILES string of the molecule is CCCCCCCCCCCCCCCCCCCCCCCCCCCCc1ccccc1S(=O)(=O)[O-].[Na+]. The minimum absolute atomic E-state index is 0. The van der Waals surface area contributed by atoms with Crippen molar-refractivity contribution in [1.29, 1.82) is 0 Å². The molecule has 5 heteroatoms. The van der Waals surface area contributed by atoms with Crippen LogP contribution in [0.25, 0.3) is 0 Å². The molecule has 0 amide bonds. The van der Waals surface area contributed by atoms with Crippen molar-refractivity contribution in [3.63, 3.8) is 0 Å². The second-order valence-electron chi connectivity index (χ2n) is 11.7. The zero-order valence-electron chi connectivity index (χ0n) is 26.0. The van der Waals surface area contributed by atoms with Crippen LogP contribution < -0.4 is 29.6 Å². The second-order valence-corrected chi connectivity index (χ2v) is 13.0. The van der Waals surface area contributed by atoms with Crippen LogP contribution in [0.4, 0.5) is 0 Å². The number of unbranched alkanes of at least 4 members (excludes halogenated alkanes) is 25. The van der Waals surface area contributed by atoms with Gasteiger partial charge in [-0.05, 0) is 24.5 Å². The molecule has 0 aliphatic carbocycles. The minimum Gasteiger partial charge on any atom is -0.744 e. The van der Waals surface area contributed by atoms with Crippen molar-refractivity contribution in [2.45, 2.75) is 185 Å². The van der Waals surface area contributed by atoms with E-state index in [0.717, 1.165) is 12.8 Å². The number of rotatable bonds is 28. The molecule has 1 aromatic carbocycles. The predicted molar refractivity (Wildman–Crippen MR) is 164 cm³/mol. The Bertz CT molecular complexity index is 751. The van der Waals surface area contributed by atoms with Gasteiger partial charge in [-0.1, -0.05) is 186 Å². The molecule has 1 rings (SSSR count). The first-order chi connectivity index (χ1) is 18.6. The standard InChI is InChI=1S/C34H62O3S.Na/c1-2-3-4-5-6-7-8-9-10-11-12-13-14-15-16-17-18-19-20-21-22-23-24-25-26-27-30-33-31-28-29-32-34(33)38(35,36)37;/h28-29,31-32H,2-27,30H2,1H3,(H,35,36,37);/q;+1/p-1. The Kier molecular flexibility index (Phi) is 28.4. The molecule has 0 unspecified atom stereocenters. The molecule has 39 heavy (non-hydrogen) atoms. The van der Waals surface area contributed by atoms with Crippen LogP contribution in [0.15, 0.2) is 29.2 Å². The van der Waals surface area contributed by atoms with Crippen molar-refractivity contribution in [1.82, 2.24) is 0 Å². The van der Waals surface area contributed by atoms with Gasteiger partial charge in [0.25, 0.3) is 0 Å². The summed E-state index contributed by atoms with van der Waals surface area (Å²) in [6, 6.07) is 6.63. The van der Waals surface area contributed by atoms with E-state index in [1.807, 2.05) is 6.07 Å². The summed E-state index contributed by atoms with van der Waals surface area (Å²) in [6.07, 6.45) is 36.5. The number of hydrogen-bond donors (Lipinski definition) is 0.